The van der Waals surface area contributed by atoms with Crippen LogP contribution in [0.25, 0.3) is 0 Å². The number of rotatable bonds is 7. The van der Waals surface area contributed by atoms with Crippen LogP contribution in [0.3, 0.4) is 0 Å². The van der Waals surface area contributed by atoms with Crippen LogP contribution in [-0.2, 0) is 11.2 Å². The molecule has 1 aromatic rings. The number of nitrogens with one attached hydrogen (secondary N) is 1. The normalized spacial score (nSPS) is 17.1. The third-order valence-electron chi connectivity index (χ3n) is 4.35. The van der Waals surface area contributed by atoms with Crippen molar-refractivity contribution in [1.29, 1.82) is 0 Å². The summed E-state index contributed by atoms with van der Waals surface area (Å²) in [5, 5.41) is 2.95. The lowest BCUT2D eigenvalue weighted by molar-refractivity contribution is -0.122. The van der Waals surface area contributed by atoms with E-state index in [0.717, 1.165) is 12.1 Å². The lowest BCUT2D eigenvalue weighted by Crippen LogP contribution is -2.45. The molecule has 0 spiro atoms. The minimum atomic E-state index is -0.468. The van der Waals surface area contributed by atoms with E-state index in [1.165, 1.54) is 25.7 Å². The highest BCUT2D eigenvalue weighted by molar-refractivity contribution is 5.81. The standard InChI is InChI=1S/C17H27N3O/c1-20(15-9-5-6-10-15)12-11-19-17(21)16(18)13-14-7-3-2-4-8-14/h2-4,7-8,15-16H,5-6,9-13,18H2,1H3,(H,19,21)/t16-/m0/s1. The Kier molecular flexibility index (Phi) is 6.21. The molecule has 2 rings (SSSR count). The summed E-state index contributed by atoms with van der Waals surface area (Å²) in [6.45, 7) is 1.57. The van der Waals surface area contributed by atoms with Crippen molar-refractivity contribution in [2.45, 2.75) is 44.2 Å². The Labute approximate surface area is 127 Å². The van der Waals surface area contributed by atoms with E-state index >= 15 is 0 Å². The number of nitrogens with two attached hydrogens (primary N) is 1. The molecule has 0 aliphatic heterocycles. The molecule has 1 aliphatic rings. The first-order valence-corrected chi connectivity index (χ1v) is 7.94. The molecule has 116 valence electrons. The number of benzene rings is 1. The molecule has 0 saturated heterocycles. The smallest absolute Gasteiger partial charge is 0.237 e. The largest absolute Gasteiger partial charge is 0.353 e. The van der Waals surface area contributed by atoms with Crippen molar-refractivity contribution in [3.05, 3.63) is 35.9 Å². The van der Waals surface area contributed by atoms with Gasteiger partial charge in [-0.15, -0.1) is 0 Å². The summed E-state index contributed by atoms with van der Waals surface area (Å²) in [6, 6.07) is 10.1. The fraction of sp³-hybridized carbons (Fsp3) is 0.588. The molecule has 4 nitrogen and oxygen atoms in total. The van der Waals surface area contributed by atoms with Gasteiger partial charge in [-0.05, 0) is 31.9 Å². The van der Waals surface area contributed by atoms with Crippen LogP contribution >= 0.6 is 0 Å². The van der Waals surface area contributed by atoms with E-state index in [2.05, 4.69) is 17.3 Å². The molecule has 4 heteroatoms. The van der Waals surface area contributed by atoms with Gasteiger partial charge in [-0.25, -0.2) is 0 Å². The molecule has 0 aromatic heterocycles. The van der Waals surface area contributed by atoms with Crippen LogP contribution in [-0.4, -0.2) is 43.0 Å². The summed E-state index contributed by atoms with van der Waals surface area (Å²) >= 11 is 0. The van der Waals surface area contributed by atoms with Crippen molar-refractivity contribution >= 4 is 5.91 Å². The third kappa shape index (κ3) is 5.14. The van der Waals surface area contributed by atoms with Gasteiger partial charge in [0, 0.05) is 19.1 Å². The number of hydrogen-bond donors (Lipinski definition) is 2. The molecule has 1 aromatic carbocycles. The second-order valence-corrected chi connectivity index (χ2v) is 6.01. The Bertz CT molecular complexity index is 429. The van der Waals surface area contributed by atoms with Gasteiger partial charge in [0.15, 0.2) is 0 Å². The van der Waals surface area contributed by atoms with Crippen LogP contribution in [0.2, 0.25) is 0 Å². The maximum Gasteiger partial charge on any atom is 0.237 e. The van der Waals surface area contributed by atoms with Gasteiger partial charge < -0.3 is 16.0 Å². The van der Waals surface area contributed by atoms with Gasteiger partial charge in [-0.2, -0.15) is 0 Å². The number of likely N-dealkylation sites (N-methyl/N-ethyl adjacent to an activating group) is 1. The Morgan fingerprint density at radius 1 is 1.33 bits per heavy atom. The van der Waals surface area contributed by atoms with Crippen LogP contribution in [0.4, 0.5) is 0 Å². The van der Waals surface area contributed by atoms with Crippen molar-refractivity contribution in [2.24, 2.45) is 5.73 Å². The predicted octanol–water partition coefficient (Wildman–Crippen LogP) is 1.55. The predicted molar refractivity (Wildman–Crippen MR) is 86.0 cm³/mol. The first kappa shape index (κ1) is 16.0. The van der Waals surface area contributed by atoms with Gasteiger partial charge >= 0.3 is 0 Å². The second-order valence-electron chi connectivity index (χ2n) is 6.01. The Hall–Kier alpha value is -1.39. The molecule has 1 amide bonds. The molecular formula is C17H27N3O. The molecule has 21 heavy (non-hydrogen) atoms. The number of hydrogen-bond acceptors (Lipinski definition) is 3. The molecule has 1 aliphatic carbocycles. The van der Waals surface area contributed by atoms with Gasteiger partial charge in [0.05, 0.1) is 6.04 Å². The topological polar surface area (TPSA) is 58.4 Å². The average Bonchev–Trinajstić information content (AvgIpc) is 3.02. The second kappa shape index (κ2) is 8.15. The zero-order valence-corrected chi connectivity index (χ0v) is 12.9. The van der Waals surface area contributed by atoms with Crippen LogP contribution < -0.4 is 11.1 Å². The van der Waals surface area contributed by atoms with E-state index in [9.17, 15) is 4.79 Å². The zero-order chi connectivity index (χ0) is 15.1. The van der Waals surface area contributed by atoms with Crippen molar-refractivity contribution in [2.75, 3.05) is 20.1 Å². The molecule has 0 radical (unpaired) electrons. The lowest BCUT2D eigenvalue weighted by Gasteiger charge is -2.24. The van der Waals surface area contributed by atoms with Crippen molar-refractivity contribution in [1.82, 2.24) is 10.2 Å². The Balaban J connectivity index is 1.66. The molecule has 0 heterocycles. The van der Waals surface area contributed by atoms with E-state index in [1.54, 1.807) is 0 Å². The molecule has 0 unspecified atom stereocenters. The van der Waals surface area contributed by atoms with Gasteiger partial charge in [0.25, 0.3) is 0 Å². The van der Waals surface area contributed by atoms with Gasteiger partial charge in [-0.1, -0.05) is 43.2 Å². The average molecular weight is 289 g/mol. The van der Waals surface area contributed by atoms with Crippen LogP contribution in [0.5, 0.6) is 0 Å². The fourth-order valence-electron chi connectivity index (χ4n) is 2.97. The summed E-state index contributed by atoms with van der Waals surface area (Å²) in [4.78, 5) is 14.4. The minimum absolute atomic E-state index is 0.0568. The first-order chi connectivity index (χ1) is 10.2. The van der Waals surface area contributed by atoms with Crippen molar-refractivity contribution in [3.8, 4) is 0 Å². The quantitative estimate of drug-likeness (QED) is 0.800. The Morgan fingerprint density at radius 3 is 2.67 bits per heavy atom. The Morgan fingerprint density at radius 2 is 2.00 bits per heavy atom. The minimum Gasteiger partial charge on any atom is -0.353 e. The van der Waals surface area contributed by atoms with Crippen molar-refractivity contribution < 1.29 is 4.79 Å². The maximum atomic E-state index is 12.0. The first-order valence-electron chi connectivity index (χ1n) is 7.94. The molecular weight excluding hydrogens is 262 g/mol. The zero-order valence-electron chi connectivity index (χ0n) is 12.9. The van der Waals surface area contributed by atoms with E-state index < -0.39 is 6.04 Å². The molecule has 1 fully saturated rings. The highest BCUT2D eigenvalue weighted by Crippen LogP contribution is 2.21. The van der Waals surface area contributed by atoms with Gasteiger partial charge in [0.1, 0.15) is 0 Å². The summed E-state index contributed by atoms with van der Waals surface area (Å²) in [6.07, 6.45) is 5.84. The number of carbonyl (C=O) groups excluding carboxylic acids is 1. The number of amides is 1. The molecule has 3 N–H and O–H groups in total. The summed E-state index contributed by atoms with van der Waals surface area (Å²) in [5.41, 5.74) is 7.06. The molecule has 0 bridgehead atoms. The maximum absolute atomic E-state index is 12.0. The van der Waals surface area contributed by atoms with Crippen LogP contribution in [0, 0.1) is 0 Å². The summed E-state index contributed by atoms with van der Waals surface area (Å²) in [7, 11) is 2.14. The summed E-state index contributed by atoms with van der Waals surface area (Å²) < 4.78 is 0. The summed E-state index contributed by atoms with van der Waals surface area (Å²) in [5.74, 6) is -0.0568. The van der Waals surface area contributed by atoms with E-state index in [0.29, 0.717) is 19.0 Å². The van der Waals surface area contributed by atoms with Crippen LogP contribution in [0.1, 0.15) is 31.2 Å². The van der Waals surface area contributed by atoms with Crippen molar-refractivity contribution in [3.63, 3.8) is 0 Å². The van der Waals surface area contributed by atoms with E-state index in [-0.39, 0.29) is 5.91 Å². The lowest BCUT2D eigenvalue weighted by atomic mass is 10.1. The highest BCUT2D eigenvalue weighted by Gasteiger charge is 2.19. The van der Waals surface area contributed by atoms with Crippen LogP contribution in [0.15, 0.2) is 30.3 Å². The molecule has 1 saturated carbocycles. The van der Waals surface area contributed by atoms with Gasteiger partial charge in [-0.3, -0.25) is 4.79 Å². The highest BCUT2D eigenvalue weighted by atomic mass is 16.2. The third-order valence-corrected chi connectivity index (χ3v) is 4.35. The van der Waals surface area contributed by atoms with Gasteiger partial charge in [0.2, 0.25) is 5.91 Å². The van der Waals surface area contributed by atoms with E-state index in [1.807, 2.05) is 30.3 Å². The SMILES string of the molecule is CN(CCNC(=O)[C@@H](N)Cc1ccccc1)C1CCCC1. The number of carbonyl (C=O) groups is 1. The van der Waals surface area contributed by atoms with E-state index in [4.69, 9.17) is 5.73 Å². The molecule has 1 atom stereocenters. The monoisotopic (exact) mass is 289 g/mol. The number of nitrogens with zero attached hydrogens (tertiary/aromatic N) is 1. The fourth-order valence-corrected chi connectivity index (χ4v) is 2.97.